The van der Waals surface area contributed by atoms with Crippen LogP contribution in [0.1, 0.15) is 37.3 Å². The lowest BCUT2D eigenvalue weighted by Crippen LogP contribution is -2.54. The third kappa shape index (κ3) is 6.54. The second kappa shape index (κ2) is 11.7. The topological polar surface area (TPSA) is 35.6 Å². The van der Waals surface area contributed by atoms with E-state index in [2.05, 4.69) is 82.7 Å². The lowest BCUT2D eigenvalue weighted by molar-refractivity contribution is -0.126. The SMILES string of the molecule is CC[C@@H](CNC(=O)[C@@H](C)N1CCN(C/C=C/c2ccccc2)CC1)c1ccccc1. The molecule has 30 heavy (non-hydrogen) atoms. The van der Waals surface area contributed by atoms with Gasteiger partial charge in [-0.05, 0) is 24.5 Å². The fourth-order valence-corrected chi connectivity index (χ4v) is 4.00. The maximum Gasteiger partial charge on any atom is 0.237 e. The number of nitrogens with zero attached hydrogens (tertiary/aromatic N) is 2. The second-order valence-electron chi connectivity index (χ2n) is 8.09. The Kier molecular flexibility index (Phi) is 8.66. The number of carbonyl (C=O) groups is 1. The van der Waals surface area contributed by atoms with Crippen molar-refractivity contribution in [1.82, 2.24) is 15.1 Å². The minimum atomic E-state index is -0.0831. The molecule has 1 fully saturated rings. The van der Waals surface area contributed by atoms with E-state index in [0.29, 0.717) is 12.5 Å². The van der Waals surface area contributed by atoms with E-state index in [1.54, 1.807) is 0 Å². The molecule has 0 spiro atoms. The predicted molar refractivity (Wildman–Crippen MR) is 125 cm³/mol. The molecule has 160 valence electrons. The fraction of sp³-hybridized carbons (Fsp3) is 0.423. The zero-order valence-electron chi connectivity index (χ0n) is 18.3. The van der Waals surface area contributed by atoms with Crippen molar-refractivity contribution in [2.24, 2.45) is 0 Å². The summed E-state index contributed by atoms with van der Waals surface area (Å²) in [6.45, 7) is 9.74. The molecule has 0 saturated carbocycles. The molecule has 1 amide bonds. The van der Waals surface area contributed by atoms with Gasteiger partial charge in [-0.3, -0.25) is 14.6 Å². The third-order valence-corrected chi connectivity index (χ3v) is 6.09. The minimum Gasteiger partial charge on any atom is -0.354 e. The van der Waals surface area contributed by atoms with Gasteiger partial charge >= 0.3 is 0 Å². The zero-order chi connectivity index (χ0) is 21.2. The number of nitrogens with one attached hydrogen (secondary N) is 1. The Morgan fingerprint density at radius 2 is 1.63 bits per heavy atom. The molecule has 1 heterocycles. The van der Waals surface area contributed by atoms with Crippen molar-refractivity contribution in [3.63, 3.8) is 0 Å². The second-order valence-corrected chi connectivity index (χ2v) is 8.09. The van der Waals surface area contributed by atoms with Crippen LogP contribution in [0.3, 0.4) is 0 Å². The molecule has 4 nitrogen and oxygen atoms in total. The van der Waals surface area contributed by atoms with E-state index >= 15 is 0 Å². The van der Waals surface area contributed by atoms with E-state index in [9.17, 15) is 4.79 Å². The molecule has 2 aromatic rings. The monoisotopic (exact) mass is 405 g/mol. The molecule has 4 heteroatoms. The van der Waals surface area contributed by atoms with Crippen LogP contribution in [0.4, 0.5) is 0 Å². The highest BCUT2D eigenvalue weighted by Crippen LogP contribution is 2.18. The third-order valence-electron chi connectivity index (χ3n) is 6.09. The summed E-state index contributed by atoms with van der Waals surface area (Å²) in [4.78, 5) is 17.5. The van der Waals surface area contributed by atoms with Gasteiger partial charge in [0.1, 0.15) is 0 Å². The highest BCUT2D eigenvalue weighted by molar-refractivity contribution is 5.81. The van der Waals surface area contributed by atoms with Crippen LogP contribution in [-0.2, 0) is 4.79 Å². The average Bonchev–Trinajstić information content (AvgIpc) is 2.81. The molecular weight excluding hydrogens is 370 g/mol. The molecule has 1 N–H and O–H groups in total. The van der Waals surface area contributed by atoms with Crippen molar-refractivity contribution in [1.29, 1.82) is 0 Å². The van der Waals surface area contributed by atoms with Crippen molar-refractivity contribution in [3.8, 4) is 0 Å². The Bertz CT molecular complexity index is 782. The number of hydrogen-bond acceptors (Lipinski definition) is 3. The predicted octanol–water partition coefficient (Wildman–Crippen LogP) is 4.02. The van der Waals surface area contributed by atoms with Gasteiger partial charge in [0.25, 0.3) is 0 Å². The number of amides is 1. The number of piperazine rings is 1. The lowest BCUT2D eigenvalue weighted by atomic mass is 9.96. The maximum atomic E-state index is 12.7. The molecule has 1 saturated heterocycles. The summed E-state index contributed by atoms with van der Waals surface area (Å²) in [6, 6.07) is 20.8. The molecule has 0 unspecified atom stereocenters. The van der Waals surface area contributed by atoms with Crippen molar-refractivity contribution >= 4 is 12.0 Å². The first-order valence-corrected chi connectivity index (χ1v) is 11.2. The molecule has 0 aromatic heterocycles. The Balaban J connectivity index is 1.40. The molecule has 2 aromatic carbocycles. The lowest BCUT2D eigenvalue weighted by Gasteiger charge is -2.37. The van der Waals surface area contributed by atoms with Gasteiger partial charge in [0.2, 0.25) is 5.91 Å². The first-order valence-electron chi connectivity index (χ1n) is 11.2. The van der Waals surface area contributed by atoms with Gasteiger partial charge in [0.15, 0.2) is 0 Å². The van der Waals surface area contributed by atoms with Gasteiger partial charge in [-0.1, -0.05) is 79.7 Å². The van der Waals surface area contributed by atoms with Crippen LogP contribution >= 0.6 is 0 Å². The van der Waals surface area contributed by atoms with E-state index < -0.39 is 0 Å². The zero-order valence-corrected chi connectivity index (χ0v) is 18.3. The normalized spacial score (nSPS) is 17.7. The quantitative estimate of drug-likeness (QED) is 0.685. The van der Waals surface area contributed by atoms with Crippen LogP contribution in [-0.4, -0.2) is 61.0 Å². The average molecular weight is 406 g/mol. The van der Waals surface area contributed by atoms with E-state index in [-0.39, 0.29) is 11.9 Å². The summed E-state index contributed by atoms with van der Waals surface area (Å²) < 4.78 is 0. The largest absolute Gasteiger partial charge is 0.354 e. The van der Waals surface area contributed by atoms with Gasteiger partial charge in [0.05, 0.1) is 6.04 Å². The molecule has 0 radical (unpaired) electrons. The van der Waals surface area contributed by atoms with E-state index in [0.717, 1.165) is 39.1 Å². The van der Waals surface area contributed by atoms with Crippen LogP contribution in [0.25, 0.3) is 6.08 Å². The van der Waals surface area contributed by atoms with Crippen LogP contribution in [0.15, 0.2) is 66.7 Å². The Hall–Kier alpha value is -2.43. The maximum absolute atomic E-state index is 12.7. The number of carbonyl (C=O) groups excluding carboxylic acids is 1. The van der Waals surface area contributed by atoms with Crippen LogP contribution in [0.2, 0.25) is 0 Å². The number of rotatable bonds is 9. The summed E-state index contributed by atoms with van der Waals surface area (Å²) in [6.07, 6.45) is 5.43. The summed E-state index contributed by atoms with van der Waals surface area (Å²) in [5, 5.41) is 3.19. The number of benzene rings is 2. The van der Waals surface area contributed by atoms with Gasteiger partial charge < -0.3 is 5.32 Å². The molecule has 3 rings (SSSR count). The minimum absolute atomic E-state index is 0.0831. The van der Waals surface area contributed by atoms with Crippen molar-refractivity contribution in [2.75, 3.05) is 39.3 Å². The Morgan fingerprint density at radius 1 is 1.00 bits per heavy atom. The van der Waals surface area contributed by atoms with Crippen molar-refractivity contribution < 1.29 is 4.79 Å². The molecule has 0 bridgehead atoms. The first kappa shape index (κ1) is 22.3. The van der Waals surface area contributed by atoms with Gasteiger partial charge in [0, 0.05) is 45.2 Å². The van der Waals surface area contributed by atoms with Crippen LogP contribution in [0.5, 0.6) is 0 Å². The number of hydrogen-bond donors (Lipinski definition) is 1. The standard InChI is InChI=1S/C26H35N3O/c1-3-24(25-14-8-5-9-15-25)21-27-26(30)22(2)29-19-17-28(18-20-29)16-10-13-23-11-6-4-7-12-23/h4-15,22,24H,3,16-21H2,1-2H3,(H,27,30)/b13-10+/t22-,24+/m1/s1. The molecule has 2 atom stereocenters. The van der Waals surface area contributed by atoms with Gasteiger partial charge in [-0.15, -0.1) is 0 Å². The molecule has 1 aliphatic heterocycles. The molecular formula is C26H35N3O. The highest BCUT2D eigenvalue weighted by atomic mass is 16.2. The molecule has 0 aliphatic carbocycles. The van der Waals surface area contributed by atoms with E-state index in [4.69, 9.17) is 0 Å². The van der Waals surface area contributed by atoms with Crippen LogP contribution < -0.4 is 5.32 Å². The summed E-state index contributed by atoms with van der Waals surface area (Å²) >= 11 is 0. The van der Waals surface area contributed by atoms with E-state index in [1.807, 2.05) is 19.1 Å². The van der Waals surface area contributed by atoms with E-state index in [1.165, 1.54) is 11.1 Å². The first-order chi connectivity index (χ1) is 14.7. The smallest absolute Gasteiger partial charge is 0.237 e. The van der Waals surface area contributed by atoms with Gasteiger partial charge in [-0.25, -0.2) is 0 Å². The Labute approximate surface area is 181 Å². The Morgan fingerprint density at radius 3 is 2.27 bits per heavy atom. The van der Waals surface area contributed by atoms with Crippen LogP contribution in [0, 0.1) is 0 Å². The summed E-state index contributed by atoms with van der Waals surface area (Å²) in [5.41, 5.74) is 2.53. The highest BCUT2D eigenvalue weighted by Gasteiger charge is 2.25. The summed E-state index contributed by atoms with van der Waals surface area (Å²) in [7, 11) is 0. The van der Waals surface area contributed by atoms with Gasteiger partial charge in [-0.2, -0.15) is 0 Å². The summed E-state index contributed by atoms with van der Waals surface area (Å²) in [5.74, 6) is 0.511. The van der Waals surface area contributed by atoms with Crippen molar-refractivity contribution in [2.45, 2.75) is 32.2 Å². The fourth-order valence-electron chi connectivity index (χ4n) is 4.00. The van der Waals surface area contributed by atoms with Crippen molar-refractivity contribution in [3.05, 3.63) is 77.9 Å². The molecule has 1 aliphatic rings.